The first kappa shape index (κ1) is 59.2. The van der Waals surface area contributed by atoms with E-state index < -0.39 is 139 Å². The third kappa shape index (κ3) is 19.5. The molecule has 2 saturated heterocycles. The van der Waals surface area contributed by atoms with Crippen molar-refractivity contribution in [1.29, 1.82) is 0 Å². The van der Waals surface area contributed by atoms with E-state index in [0.717, 1.165) is 21.6 Å². The quantitative estimate of drug-likeness (QED) is 0.0619. The number of likely N-dealkylation sites (tertiary alicyclic amines) is 1. The third-order valence-corrected chi connectivity index (χ3v) is 14.0. The van der Waals surface area contributed by atoms with E-state index in [0.29, 0.717) is 30.8 Å². The first-order chi connectivity index (χ1) is 33.5. The molecule has 24 nitrogen and oxygen atoms in total. The van der Waals surface area contributed by atoms with E-state index in [1.165, 1.54) is 4.90 Å². The molecule has 26 heteroatoms. The minimum atomic E-state index is -1.74. The second-order valence-electron chi connectivity index (χ2n) is 17.8. The number of rotatable bonds is 19. The maximum absolute atomic E-state index is 14.5. The van der Waals surface area contributed by atoms with Gasteiger partial charge in [0.2, 0.25) is 65.0 Å². The number of benzene rings is 1. The minimum Gasteiger partial charge on any atom is -0.494 e. The highest BCUT2D eigenvalue weighted by Crippen LogP contribution is 2.26. The Hall–Kier alpha value is -6.15. The highest BCUT2D eigenvalue weighted by molar-refractivity contribution is 8.76. The summed E-state index contributed by atoms with van der Waals surface area (Å²) >= 11 is 0. The van der Waals surface area contributed by atoms with Gasteiger partial charge in [-0.05, 0) is 62.1 Å². The lowest BCUT2D eigenvalue weighted by Gasteiger charge is -2.31. The summed E-state index contributed by atoms with van der Waals surface area (Å²) in [6.07, 6.45) is -0.574. The summed E-state index contributed by atoms with van der Waals surface area (Å²) in [6, 6.07) is -3.96. The smallest absolute Gasteiger partial charge is 0.246 e. The van der Waals surface area contributed by atoms with Gasteiger partial charge in [-0.2, -0.15) is 0 Å². The summed E-state index contributed by atoms with van der Waals surface area (Å²) in [4.78, 5) is 149. The van der Waals surface area contributed by atoms with Gasteiger partial charge in [0, 0.05) is 30.9 Å². The topological polar surface area (TPSA) is 389 Å². The molecule has 1 aromatic carbocycles. The molecule has 0 aliphatic carbocycles. The molecule has 394 valence electrons. The van der Waals surface area contributed by atoms with Crippen LogP contribution >= 0.6 is 21.6 Å². The van der Waals surface area contributed by atoms with Gasteiger partial charge in [0.05, 0.1) is 25.6 Å². The first-order valence-corrected chi connectivity index (χ1v) is 26.0. The summed E-state index contributed by atoms with van der Waals surface area (Å²) < 4.78 is 5.54. The molecule has 0 bridgehead atoms. The molecule has 2 heterocycles. The zero-order valence-corrected chi connectivity index (χ0v) is 42.4. The second kappa shape index (κ2) is 29.3. The first-order valence-electron chi connectivity index (χ1n) is 23.5. The molecule has 0 aromatic heterocycles. The number of ether oxygens (including phenoxy) is 1. The largest absolute Gasteiger partial charge is 0.494 e. The Morgan fingerprint density at radius 1 is 0.775 bits per heavy atom. The fourth-order valence-corrected chi connectivity index (χ4v) is 9.88. The van der Waals surface area contributed by atoms with Crippen LogP contribution in [-0.2, 0) is 59.2 Å². The maximum atomic E-state index is 14.5. The van der Waals surface area contributed by atoms with Gasteiger partial charge >= 0.3 is 0 Å². The number of carbonyl (C=O) groups excluding carboxylic acids is 11. The Kier molecular flexibility index (Phi) is 24.4. The van der Waals surface area contributed by atoms with Gasteiger partial charge in [-0.3, -0.25) is 52.7 Å². The number of hydrogen-bond donors (Lipinski definition) is 11. The van der Waals surface area contributed by atoms with Crippen molar-refractivity contribution >= 4 is 86.6 Å². The Morgan fingerprint density at radius 3 is 2.00 bits per heavy atom. The molecule has 3 rings (SSSR count). The van der Waals surface area contributed by atoms with Crippen molar-refractivity contribution < 1.29 is 57.5 Å². The monoisotopic (exact) mass is 1030 g/mol. The molecule has 2 aliphatic rings. The van der Waals surface area contributed by atoms with E-state index in [9.17, 15) is 52.7 Å². The van der Waals surface area contributed by atoms with Gasteiger partial charge in [-0.15, -0.1) is 0 Å². The van der Waals surface area contributed by atoms with Gasteiger partial charge < -0.3 is 69.8 Å². The Morgan fingerprint density at radius 2 is 1.39 bits per heavy atom. The van der Waals surface area contributed by atoms with E-state index in [2.05, 4.69) is 37.2 Å². The van der Waals surface area contributed by atoms with Gasteiger partial charge in [0.1, 0.15) is 48.0 Å². The Bertz CT molecular complexity index is 2080. The van der Waals surface area contributed by atoms with Crippen LogP contribution in [0.25, 0.3) is 0 Å². The summed E-state index contributed by atoms with van der Waals surface area (Å²) in [7, 11) is 2.08. The van der Waals surface area contributed by atoms with Crippen LogP contribution in [0.3, 0.4) is 0 Å². The van der Waals surface area contributed by atoms with Crippen molar-refractivity contribution in [2.24, 2.45) is 34.8 Å². The minimum absolute atomic E-state index is 0.0434. The van der Waals surface area contributed by atoms with Crippen LogP contribution in [0, 0.1) is 11.8 Å². The Labute approximate surface area is 420 Å². The number of primary amides is 3. The molecular weight excluding hydrogens is 965 g/mol. The lowest BCUT2D eigenvalue weighted by Crippen LogP contribution is -2.61. The Balaban J connectivity index is 2.06. The number of carbonyl (C=O) groups is 11. The summed E-state index contributed by atoms with van der Waals surface area (Å²) in [5, 5.41) is 18.0. The normalized spacial score (nSPS) is 23.9. The SMILES string of the molecule is CCOc1ccc(C[C@H]2NC(=O)[C@@H](N)CSSC[C@@H](C(=O)N3CCC[C@H]3C(=O)N[C@@H](CC(C)C)C(=O)NCC(N)=O)NC(=O)[C@H](CC(N)=O)NC(=O)[C@H](CCC(N)=O)NC(=O)[C@H]([C@@H](C)CC)NC2=O)cc1. The number of hydrogen-bond acceptors (Lipinski definition) is 15. The van der Waals surface area contributed by atoms with Crippen LogP contribution in [0.15, 0.2) is 24.3 Å². The van der Waals surface area contributed by atoms with Crippen LogP contribution in [0.5, 0.6) is 5.75 Å². The van der Waals surface area contributed by atoms with Crippen LogP contribution in [0.2, 0.25) is 0 Å². The molecule has 2 fully saturated rings. The number of nitrogens with zero attached hydrogens (tertiary/aromatic N) is 1. The third-order valence-electron chi connectivity index (χ3n) is 11.6. The van der Waals surface area contributed by atoms with Crippen LogP contribution < -0.4 is 64.9 Å². The van der Waals surface area contributed by atoms with E-state index in [-0.39, 0.29) is 49.7 Å². The lowest BCUT2D eigenvalue weighted by atomic mass is 9.96. The van der Waals surface area contributed by atoms with Crippen molar-refractivity contribution in [3.05, 3.63) is 29.8 Å². The van der Waals surface area contributed by atoms with Crippen LogP contribution in [-0.4, -0.2) is 149 Å². The summed E-state index contributed by atoms with van der Waals surface area (Å²) in [5.41, 5.74) is 23.1. The van der Waals surface area contributed by atoms with Gasteiger partial charge in [0.15, 0.2) is 0 Å². The molecule has 0 unspecified atom stereocenters. The average molecular weight is 1040 g/mol. The molecule has 15 N–H and O–H groups in total. The predicted molar refractivity (Wildman–Crippen MR) is 264 cm³/mol. The molecule has 0 spiro atoms. The molecule has 9 atom stereocenters. The summed E-state index contributed by atoms with van der Waals surface area (Å²) in [6.45, 7) is 8.90. The van der Waals surface area contributed by atoms with Crippen molar-refractivity contribution in [3.63, 3.8) is 0 Å². The van der Waals surface area contributed by atoms with E-state index in [1.807, 2.05) is 20.8 Å². The highest BCUT2D eigenvalue weighted by atomic mass is 33.1. The second-order valence-corrected chi connectivity index (χ2v) is 20.4. The van der Waals surface area contributed by atoms with E-state index in [1.54, 1.807) is 38.1 Å². The van der Waals surface area contributed by atoms with Crippen molar-refractivity contribution in [2.75, 3.05) is 31.2 Å². The van der Waals surface area contributed by atoms with Crippen LogP contribution in [0.4, 0.5) is 0 Å². The molecule has 11 amide bonds. The number of amides is 11. The van der Waals surface area contributed by atoms with Gasteiger partial charge in [-0.1, -0.05) is 67.8 Å². The fraction of sp³-hybridized carbons (Fsp3) is 0.622. The summed E-state index contributed by atoms with van der Waals surface area (Å²) in [5.74, 6) is -9.57. The highest BCUT2D eigenvalue weighted by Gasteiger charge is 2.41. The standard InChI is InChI=1S/C45H70N12O12S2/c1-6-24(5)37-44(67)51-28(14-15-34(47)58)40(63)53-31(19-35(48)59)41(64)55-32(45(68)57-16-8-9-33(57)43(66)54-29(17-23(3)4)39(62)50-20-36(49)60)22-71-70-21-27(46)38(61)52-30(42(65)56-37)18-25-10-12-26(13-11-25)69-7-2/h10-13,23-24,27-33,37H,6-9,14-22,46H2,1-5H3,(H2,47,58)(H2,48,59)(H2,49,60)(H,50,62)(H,51,67)(H,52,61)(H,53,63)(H,54,66)(H,55,64)(H,56,65)/t24-,27-,28-,29-,30+,31-,32-,33-,37-/m0/s1. The van der Waals surface area contributed by atoms with Crippen molar-refractivity contribution in [1.82, 2.24) is 42.1 Å². The fourth-order valence-electron chi connectivity index (χ4n) is 7.60. The zero-order chi connectivity index (χ0) is 52.9. The number of nitrogens with one attached hydrogen (secondary N) is 7. The molecule has 0 saturated carbocycles. The molecule has 0 radical (unpaired) electrons. The lowest BCUT2D eigenvalue weighted by molar-refractivity contribution is -0.142. The van der Waals surface area contributed by atoms with Crippen molar-refractivity contribution in [2.45, 2.75) is 134 Å². The predicted octanol–water partition coefficient (Wildman–Crippen LogP) is -2.92. The van der Waals surface area contributed by atoms with Gasteiger partial charge in [-0.25, -0.2) is 0 Å². The molecule has 71 heavy (non-hydrogen) atoms. The molecule has 2 aliphatic heterocycles. The van der Waals surface area contributed by atoms with E-state index >= 15 is 0 Å². The molecular formula is C45H70N12O12S2. The van der Waals surface area contributed by atoms with Crippen molar-refractivity contribution in [3.8, 4) is 5.75 Å². The van der Waals surface area contributed by atoms with E-state index in [4.69, 9.17) is 27.7 Å². The van der Waals surface area contributed by atoms with Gasteiger partial charge in [0.25, 0.3) is 0 Å². The molecule has 1 aromatic rings. The number of nitrogens with two attached hydrogens (primary N) is 4. The maximum Gasteiger partial charge on any atom is 0.246 e. The zero-order valence-electron chi connectivity index (χ0n) is 40.7. The van der Waals surface area contributed by atoms with Crippen LogP contribution in [0.1, 0.15) is 85.1 Å². The average Bonchev–Trinajstić information content (AvgIpc) is 3.81.